The summed E-state index contributed by atoms with van der Waals surface area (Å²) >= 11 is 0. The van der Waals surface area contributed by atoms with Crippen molar-refractivity contribution in [2.24, 2.45) is 4.99 Å². The molecule has 0 saturated carbocycles. The fourth-order valence-electron chi connectivity index (χ4n) is 3.68. The lowest BCUT2D eigenvalue weighted by atomic mass is 10.0. The van der Waals surface area contributed by atoms with Crippen LogP contribution in [-0.4, -0.2) is 94.5 Å². The van der Waals surface area contributed by atoms with Gasteiger partial charge in [-0.3, -0.25) is 14.8 Å². The normalized spacial score (nSPS) is 20.4. The first-order chi connectivity index (χ1) is 14.3. The molecule has 1 atom stereocenters. The molecule has 2 N–H and O–H groups in total. The van der Waals surface area contributed by atoms with E-state index >= 15 is 0 Å². The molecular formula is C21H34FN5O2. The maximum Gasteiger partial charge on any atom is 0.191 e. The van der Waals surface area contributed by atoms with Gasteiger partial charge in [0.25, 0.3) is 0 Å². The number of rotatable bonds is 8. The van der Waals surface area contributed by atoms with E-state index in [2.05, 4.69) is 27.4 Å². The molecule has 1 aromatic carbocycles. The number of nitrogens with one attached hydrogen (secondary N) is 2. The van der Waals surface area contributed by atoms with Gasteiger partial charge in [0, 0.05) is 45.8 Å². The first kappa shape index (κ1) is 22.0. The number of aliphatic imine (C=N–C) groups is 1. The lowest BCUT2D eigenvalue weighted by Crippen LogP contribution is -2.45. The maximum atomic E-state index is 13.4. The predicted molar refractivity (Wildman–Crippen MR) is 113 cm³/mol. The summed E-state index contributed by atoms with van der Waals surface area (Å²) in [7, 11) is 0. The molecule has 0 radical (unpaired) electrons. The highest BCUT2D eigenvalue weighted by molar-refractivity contribution is 5.79. The van der Waals surface area contributed by atoms with Crippen LogP contribution >= 0.6 is 0 Å². The Morgan fingerprint density at radius 3 is 2.34 bits per heavy atom. The fourth-order valence-corrected chi connectivity index (χ4v) is 3.68. The average molecular weight is 408 g/mol. The van der Waals surface area contributed by atoms with Crippen LogP contribution in [0, 0.1) is 5.82 Å². The van der Waals surface area contributed by atoms with E-state index in [0.29, 0.717) is 6.54 Å². The molecular weight excluding hydrogens is 373 g/mol. The third-order valence-electron chi connectivity index (χ3n) is 5.33. The second-order valence-corrected chi connectivity index (χ2v) is 7.32. The van der Waals surface area contributed by atoms with Crippen LogP contribution in [0.3, 0.4) is 0 Å². The van der Waals surface area contributed by atoms with E-state index < -0.39 is 0 Å². The van der Waals surface area contributed by atoms with Crippen molar-refractivity contribution >= 4 is 5.96 Å². The van der Waals surface area contributed by atoms with Gasteiger partial charge in [0.15, 0.2) is 5.96 Å². The zero-order valence-electron chi connectivity index (χ0n) is 17.4. The monoisotopic (exact) mass is 407 g/mol. The Labute approximate surface area is 173 Å². The van der Waals surface area contributed by atoms with Crippen LogP contribution in [-0.2, 0) is 9.47 Å². The molecule has 1 unspecified atom stereocenters. The Morgan fingerprint density at radius 2 is 1.69 bits per heavy atom. The standard InChI is InChI=1S/C21H34FN5O2/c1-2-23-21(24-7-8-26-9-13-28-14-10-26)25-17-20(27-11-15-29-16-12-27)18-3-5-19(22)6-4-18/h3-6,20H,2,7-17H2,1H3,(H2,23,24,25). The van der Waals surface area contributed by atoms with E-state index in [1.54, 1.807) is 0 Å². The van der Waals surface area contributed by atoms with Crippen molar-refractivity contribution in [3.63, 3.8) is 0 Å². The highest BCUT2D eigenvalue weighted by Gasteiger charge is 2.22. The lowest BCUT2D eigenvalue weighted by molar-refractivity contribution is 0.0179. The molecule has 2 saturated heterocycles. The Morgan fingerprint density at radius 1 is 1.03 bits per heavy atom. The molecule has 0 aromatic heterocycles. The van der Waals surface area contributed by atoms with Crippen molar-refractivity contribution in [1.82, 2.24) is 20.4 Å². The Kier molecular flexibility index (Phi) is 9.14. The maximum absolute atomic E-state index is 13.4. The zero-order chi connectivity index (χ0) is 20.3. The predicted octanol–water partition coefficient (Wildman–Crippen LogP) is 1.09. The van der Waals surface area contributed by atoms with Gasteiger partial charge in [0.1, 0.15) is 5.82 Å². The van der Waals surface area contributed by atoms with Gasteiger partial charge in [0.05, 0.1) is 39.0 Å². The van der Waals surface area contributed by atoms with Crippen molar-refractivity contribution < 1.29 is 13.9 Å². The van der Waals surface area contributed by atoms with E-state index in [-0.39, 0.29) is 11.9 Å². The number of benzene rings is 1. The zero-order valence-corrected chi connectivity index (χ0v) is 17.4. The van der Waals surface area contributed by atoms with Crippen molar-refractivity contribution in [3.8, 4) is 0 Å². The summed E-state index contributed by atoms with van der Waals surface area (Å²) in [6, 6.07) is 6.89. The second kappa shape index (κ2) is 12.1. The molecule has 29 heavy (non-hydrogen) atoms. The summed E-state index contributed by atoms with van der Waals surface area (Å²) in [4.78, 5) is 9.62. The highest BCUT2D eigenvalue weighted by Crippen LogP contribution is 2.22. The minimum Gasteiger partial charge on any atom is -0.379 e. The van der Waals surface area contributed by atoms with E-state index in [0.717, 1.165) is 83.8 Å². The third kappa shape index (κ3) is 7.22. The number of ether oxygens (including phenoxy) is 2. The first-order valence-electron chi connectivity index (χ1n) is 10.7. The number of nitrogens with zero attached hydrogens (tertiary/aromatic N) is 3. The second-order valence-electron chi connectivity index (χ2n) is 7.32. The van der Waals surface area contributed by atoms with Crippen LogP contribution < -0.4 is 10.6 Å². The van der Waals surface area contributed by atoms with E-state index in [1.165, 1.54) is 12.1 Å². The summed E-state index contributed by atoms with van der Waals surface area (Å²) < 4.78 is 24.3. The molecule has 1 aromatic rings. The minimum atomic E-state index is -0.212. The molecule has 3 rings (SSSR count). The summed E-state index contributed by atoms with van der Waals surface area (Å²) in [5.41, 5.74) is 1.08. The van der Waals surface area contributed by atoms with E-state index in [1.807, 2.05) is 12.1 Å². The van der Waals surface area contributed by atoms with Crippen LogP contribution in [0.25, 0.3) is 0 Å². The van der Waals surface area contributed by atoms with Crippen LogP contribution in [0.5, 0.6) is 0 Å². The van der Waals surface area contributed by atoms with Crippen LogP contribution in [0.1, 0.15) is 18.5 Å². The molecule has 0 aliphatic carbocycles. The Hall–Kier alpha value is -1.74. The van der Waals surface area contributed by atoms with Crippen molar-refractivity contribution in [2.75, 3.05) is 78.8 Å². The molecule has 0 amide bonds. The topological polar surface area (TPSA) is 61.4 Å². The molecule has 2 aliphatic heterocycles. The molecule has 8 heteroatoms. The van der Waals surface area contributed by atoms with E-state index in [9.17, 15) is 4.39 Å². The Bertz CT molecular complexity index is 616. The number of hydrogen-bond acceptors (Lipinski definition) is 5. The molecule has 0 spiro atoms. The molecule has 0 bridgehead atoms. The Balaban J connectivity index is 1.61. The van der Waals surface area contributed by atoms with Gasteiger partial charge >= 0.3 is 0 Å². The van der Waals surface area contributed by atoms with Gasteiger partial charge < -0.3 is 20.1 Å². The SMILES string of the molecule is CCNC(=NCC(c1ccc(F)cc1)N1CCOCC1)NCCN1CCOCC1. The third-order valence-corrected chi connectivity index (χ3v) is 5.33. The van der Waals surface area contributed by atoms with Gasteiger partial charge in [-0.1, -0.05) is 12.1 Å². The molecule has 162 valence electrons. The van der Waals surface area contributed by atoms with Crippen molar-refractivity contribution in [3.05, 3.63) is 35.6 Å². The largest absolute Gasteiger partial charge is 0.379 e. The highest BCUT2D eigenvalue weighted by atomic mass is 19.1. The fraction of sp³-hybridized carbons (Fsp3) is 0.667. The molecule has 2 heterocycles. The van der Waals surface area contributed by atoms with Gasteiger partial charge in [0.2, 0.25) is 0 Å². The molecule has 2 fully saturated rings. The van der Waals surface area contributed by atoms with Crippen molar-refractivity contribution in [1.29, 1.82) is 0 Å². The summed E-state index contributed by atoms with van der Waals surface area (Å²) in [6.45, 7) is 12.1. The number of hydrogen-bond donors (Lipinski definition) is 2. The summed E-state index contributed by atoms with van der Waals surface area (Å²) in [5.74, 6) is 0.609. The number of guanidine groups is 1. The van der Waals surface area contributed by atoms with Gasteiger partial charge in [-0.2, -0.15) is 0 Å². The molecule has 7 nitrogen and oxygen atoms in total. The van der Waals surface area contributed by atoms with Crippen LogP contribution in [0.2, 0.25) is 0 Å². The summed E-state index contributed by atoms with van der Waals surface area (Å²) in [5, 5.41) is 6.77. The molecule has 2 aliphatic rings. The van der Waals surface area contributed by atoms with Gasteiger partial charge in [-0.05, 0) is 24.6 Å². The van der Waals surface area contributed by atoms with Crippen molar-refractivity contribution in [2.45, 2.75) is 13.0 Å². The first-order valence-corrected chi connectivity index (χ1v) is 10.7. The van der Waals surface area contributed by atoms with E-state index in [4.69, 9.17) is 14.5 Å². The van der Waals surface area contributed by atoms with Gasteiger partial charge in [-0.15, -0.1) is 0 Å². The minimum absolute atomic E-state index is 0.106. The smallest absolute Gasteiger partial charge is 0.191 e. The quantitative estimate of drug-likeness (QED) is 0.497. The van der Waals surface area contributed by atoms with Crippen LogP contribution in [0.4, 0.5) is 4.39 Å². The number of morpholine rings is 2. The lowest BCUT2D eigenvalue weighted by Gasteiger charge is -2.34. The summed E-state index contributed by atoms with van der Waals surface area (Å²) in [6.07, 6.45) is 0. The van der Waals surface area contributed by atoms with Crippen LogP contribution in [0.15, 0.2) is 29.3 Å². The average Bonchev–Trinajstić information content (AvgIpc) is 2.76. The van der Waals surface area contributed by atoms with Gasteiger partial charge in [-0.25, -0.2) is 4.39 Å². The number of halogens is 1.